The Labute approximate surface area is 117 Å². The molecule has 0 aliphatic heterocycles. The Morgan fingerprint density at radius 1 is 1.40 bits per heavy atom. The summed E-state index contributed by atoms with van der Waals surface area (Å²) in [6.45, 7) is 0. The van der Waals surface area contributed by atoms with Gasteiger partial charge in [-0.25, -0.2) is 9.31 Å². The molecule has 1 unspecified atom stereocenters. The molecule has 102 valence electrons. The standard InChI is InChI=1S/C11H9N5O3S/c17-10-9-6(16-8(13-14-9)1-3-12-16)2-4-15(10)7(5-20)11(18)19/h1-4,7,20H,5H2,(H,18,19). The first-order valence-electron chi connectivity index (χ1n) is 5.68. The van der Waals surface area contributed by atoms with Crippen molar-refractivity contribution in [2.45, 2.75) is 6.04 Å². The highest BCUT2D eigenvalue weighted by atomic mass is 32.1. The second-order valence-corrected chi connectivity index (χ2v) is 4.46. The van der Waals surface area contributed by atoms with Gasteiger partial charge in [-0.2, -0.15) is 17.7 Å². The molecule has 0 amide bonds. The number of carbonyl (C=O) groups is 1. The fourth-order valence-corrected chi connectivity index (χ4v) is 2.32. The van der Waals surface area contributed by atoms with Gasteiger partial charge in [0.2, 0.25) is 0 Å². The molecule has 0 spiro atoms. The number of thiol groups is 1. The van der Waals surface area contributed by atoms with Gasteiger partial charge in [0.1, 0.15) is 11.6 Å². The first kappa shape index (κ1) is 12.6. The summed E-state index contributed by atoms with van der Waals surface area (Å²) in [5.41, 5.74) is 0.522. The Morgan fingerprint density at radius 3 is 2.90 bits per heavy atom. The summed E-state index contributed by atoms with van der Waals surface area (Å²) in [6.07, 6.45) is 2.95. The largest absolute Gasteiger partial charge is 0.480 e. The minimum Gasteiger partial charge on any atom is -0.480 e. The number of nitrogens with zero attached hydrogens (tertiary/aromatic N) is 5. The first-order chi connectivity index (χ1) is 9.63. The molecule has 1 N–H and O–H groups in total. The monoisotopic (exact) mass is 291 g/mol. The molecule has 0 saturated carbocycles. The maximum atomic E-state index is 12.3. The summed E-state index contributed by atoms with van der Waals surface area (Å²) in [6, 6.07) is 2.20. The molecule has 0 aliphatic rings. The van der Waals surface area contributed by atoms with Crippen molar-refractivity contribution < 1.29 is 9.90 Å². The van der Waals surface area contributed by atoms with Gasteiger partial charge in [-0.3, -0.25) is 9.36 Å². The highest BCUT2D eigenvalue weighted by Crippen LogP contribution is 2.11. The number of aromatic nitrogens is 5. The predicted molar refractivity (Wildman–Crippen MR) is 73.1 cm³/mol. The van der Waals surface area contributed by atoms with Crippen LogP contribution in [0.15, 0.2) is 29.3 Å². The molecule has 0 radical (unpaired) electrons. The molecule has 8 nitrogen and oxygen atoms in total. The van der Waals surface area contributed by atoms with Crippen LogP contribution in [0.5, 0.6) is 0 Å². The quantitative estimate of drug-likeness (QED) is 0.658. The molecule has 1 atom stereocenters. The second kappa shape index (κ2) is 4.60. The Balaban J connectivity index is 2.33. The fraction of sp³-hybridized carbons (Fsp3) is 0.182. The van der Waals surface area contributed by atoms with Gasteiger partial charge in [-0.15, -0.1) is 10.2 Å². The van der Waals surface area contributed by atoms with Crippen LogP contribution in [0.25, 0.3) is 16.7 Å². The second-order valence-electron chi connectivity index (χ2n) is 4.10. The van der Waals surface area contributed by atoms with E-state index in [2.05, 4.69) is 27.9 Å². The highest BCUT2D eigenvalue weighted by molar-refractivity contribution is 7.80. The fourth-order valence-electron chi connectivity index (χ4n) is 1.98. The smallest absolute Gasteiger partial charge is 0.327 e. The van der Waals surface area contributed by atoms with Gasteiger partial charge in [-0.05, 0) is 6.07 Å². The molecule has 3 aromatic rings. The lowest BCUT2D eigenvalue weighted by Crippen LogP contribution is -2.31. The van der Waals surface area contributed by atoms with Gasteiger partial charge in [0, 0.05) is 18.0 Å². The minimum atomic E-state index is -1.13. The van der Waals surface area contributed by atoms with E-state index in [9.17, 15) is 9.59 Å². The van der Waals surface area contributed by atoms with Gasteiger partial charge in [0.05, 0.1) is 6.20 Å². The third-order valence-corrected chi connectivity index (χ3v) is 3.32. The van der Waals surface area contributed by atoms with E-state index in [1.165, 1.54) is 10.7 Å². The van der Waals surface area contributed by atoms with Gasteiger partial charge in [0.25, 0.3) is 5.56 Å². The number of carboxylic acid groups (broad SMARTS) is 1. The summed E-state index contributed by atoms with van der Waals surface area (Å²) >= 11 is 3.96. The number of pyridine rings is 1. The maximum Gasteiger partial charge on any atom is 0.327 e. The molecule has 0 aliphatic carbocycles. The van der Waals surface area contributed by atoms with E-state index in [1.807, 2.05) is 0 Å². The lowest BCUT2D eigenvalue weighted by Gasteiger charge is -2.13. The number of rotatable bonds is 3. The van der Waals surface area contributed by atoms with Crippen LogP contribution in [-0.2, 0) is 4.79 Å². The van der Waals surface area contributed by atoms with Gasteiger partial charge in [-0.1, -0.05) is 0 Å². The molecular formula is C11H9N5O3S. The molecule has 3 rings (SSSR count). The van der Waals surface area contributed by atoms with E-state index in [0.717, 1.165) is 4.57 Å². The van der Waals surface area contributed by atoms with E-state index in [0.29, 0.717) is 11.2 Å². The van der Waals surface area contributed by atoms with Crippen LogP contribution in [0.3, 0.4) is 0 Å². The minimum absolute atomic E-state index is 0.00180. The van der Waals surface area contributed by atoms with Crippen molar-refractivity contribution in [3.05, 3.63) is 34.9 Å². The molecule has 0 fully saturated rings. The van der Waals surface area contributed by atoms with Gasteiger partial charge in [0.15, 0.2) is 11.2 Å². The molecule has 0 saturated heterocycles. The molecule has 3 heterocycles. The van der Waals surface area contributed by atoms with Crippen molar-refractivity contribution in [2.24, 2.45) is 0 Å². The van der Waals surface area contributed by atoms with Gasteiger partial charge >= 0.3 is 5.97 Å². The van der Waals surface area contributed by atoms with Crippen LogP contribution in [0.4, 0.5) is 0 Å². The summed E-state index contributed by atoms with van der Waals surface area (Å²) in [4.78, 5) is 23.4. The summed E-state index contributed by atoms with van der Waals surface area (Å²) in [5, 5.41) is 20.9. The van der Waals surface area contributed by atoms with Crippen molar-refractivity contribution >= 4 is 35.3 Å². The van der Waals surface area contributed by atoms with E-state index < -0.39 is 17.6 Å². The maximum absolute atomic E-state index is 12.3. The number of hydrogen-bond acceptors (Lipinski definition) is 6. The molecule has 0 aromatic carbocycles. The molecule has 0 bridgehead atoms. The van der Waals surface area contributed by atoms with Crippen LogP contribution in [0, 0.1) is 0 Å². The Bertz CT molecular complexity index is 871. The Hall–Kier alpha value is -2.42. The van der Waals surface area contributed by atoms with E-state index in [-0.39, 0.29) is 11.3 Å². The topological polar surface area (TPSA) is 102 Å². The third kappa shape index (κ3) is 1.74. The molecule has 3 aromatic heterocycles. The summed E-state index contributed by atoms with van der Waals surface area (Å²) < 4.78 is 2.56. The van der Waals surface area contributed by atoms with E-state index >= 15 is 0 Å². The zero-order valence-corrected chi connectivity index (χ0v) is 10.9. The average molecular weight is 291 g/mol. The Morgan fingerprint density at radius 2 is 2.20 bits per heavy atom. The van der Waals surface area contributed by atoms with Crippen LogP contribution >= 0.6 is 12.6 Å². The van der Waals surface area contributed by atoms with Crippen molar-refractivity contribution in [2.75, 3.05) is 5.75 Å². The van der Waals surface area contributed by atoms with E-state index in [4.69, 9.17) is 5.11 Å². The molecule has 9 heteroatoms. The Kier molecular flexibility index (Phi) is 2.90. The first-order valence-corrected chi connectivity index (χ1v) is 6.31. The van der Waals surface area contributed by atoms with Crippen LogP contribution < -0.4 is 5.56 Å². The predicted octanol–water partition coefficient (Wildman–Crippen LogP) is -0.00530. The van der Waals surface area contributed by atoms with Crippen LogP contribution in [-0.4, -0.2) is 41.2 Å². The number of aliphatic carboxylic acids is 1. The third-order valence-electron chi connectivity index (χ3n) is 2.97. The normalized spacial score (nSPS) is 12.8. The van der Waals surface area contributed by atoms with Crippen molar-refractivity contribution in [1.29, 1.82) is 0 Å². The van der Waals surface area contributed by atoms with Crippen molar-refractivity contribution in [3.8, 4) is 0 Å². The number of hydrogen-bond donors (Lipinski definition) is 2. The lowest BCUT2D eigenvalue weighted by atomic mass is 10.3. The zero-order chi connectivity index (χ0) is 14.3. The van der Waals surface area contributed by atoms with E-state index in [1.54, 1.807) is 18.3 Å². The molecule has 20 heavy (non-hydrogen) atoms. The summed E-state index contributed by atoms with van der Waals surface area (Å²) in [7, 11) is 0. The average Bonchev–Trinajstić information content (AvgIpc) is 2.90. The van der Waals surface area contributed by atoms with Crippen LogP contribution in [0.1, 0.15) is 6.04 Å². The van der Waals surface area contributed by atoms with Crippen molar-refractivity contribution in [1.82, 2.24) is 24.4 Å². The number of carboxylic acids is 1. The number of fused-ring (bicyclic) bond motifs is 3. The van der Waals surface area contributed by atoms with Crippen molar-refractivity contribution in [3.63, 3.8) is 0 Å². The highest BCUT2D eigenvalue weighted by Gasteiger charge is 2.20. The SMILES string of the molecule is O=C(O)C(CS)n1ccc2c(nnc3ccnn32)c1=O. The van der Waals surface area contributed by atoms with Gasteiger partial charge < -0.3 is 5.11 Å². The summed E-state index contributed by atoms with van der Waals surface area (Å²) in [5.74, 6) is -1.13. The zero-order valence-electron chi connectivity index (χ0n) is 10.0. The van der Waals surface area contributed by atoms with Crippen LogP contribution in [0.2, 0.25) is 0 Å². The molecular weight excluding hydrogens is 282 g/mol. The lowest BCUT2D eigenvalue weighted by molar-refractivity contribution is -0.140.